The van der Waals surface area contributed by atoms with E-state index >= 15 is 0 Å². The predicted molar refractivity (Wildman–Crippen MR) is 67.2 cm³/mol. The molecule has 4 N–H and O–H groups in total. The number of amides is 1. The largest absolute Gasteiger partial charge is 0.330 e. The number of hydrogen-bond acceptors (Lipinski definition) is 4. The third-order valence-electron chi connectivity index (χ3n) is 2.68. The number of nitrogens with two attached hydrogens (primary N) is 1. The molecule has 0 aliphatic rings. The van der Waals surface area contributed by atoms with Gasteiger partial charge in [-0.25, -0.2) is 0 Å². The Hall–Kier alpha value is -2.15. The summed E-state index contributed by atoms with van der Waals surface area (Å²) in [6.07, 6.45) is 5.57. The number of hydrogen-bond donors (Lipinski definition) is 3. The first kappa shape index (κ1) is 12.3. The van der Waals surface area contributed by atoms with Gasteiger partial charge in [-0.15, -0.1) is 0 Å². The molecule has 2 aromatic rings. The number of carbonyl (C=O) groups excluding carboxylic acids is 1. The maximum atomic E-state index is 12.0. The second-order valence-electron chi connectivity index (χ2n) is 3.95. The van der Waals surface area contributed by atoms with Crippen molar-refractivity contribution in [2.24, 2.45) is 5.73 Å². The molecule has 0 atom stereocenters. The van der Waals surface area contributed by atoms with Crippen LogP contribution in [0.4, 0.5) is 5.69 Å². The second kappa shape index (κ2) is 5.46. The number of aryl methyl sites for hydroxylation is 1. The summed E-state index contributed by atoms with van der Waals surface area (Å²) < 4.78 is 1.79. The van der Waals surface area contributed by atoms with E-state index in [9.17, 15) is 4.79 Å². The van der Waals surface area contributed by atoms with Crippen LogP contribution in [0, 0.1) is 6.92 Å². The summed E-state index contributed by atoms with van der Waals surface area (Å²) in [5.41, 5.74) is 7.49. The van der Waals surface area contributed by atoms with E-state index in [2.05, 4.69) is 20.6 Å². The average Bonchev–Trinajstić information content (AvgIpc) is 2.97. The van der Waals surface area contributed by atoms with Crippen molar-refractivity contribution < 1.29 is 4.79 Å². The van der Waals surface area contributed by atoms with Gasteiger partial charge in [0.05, 0.1) is 23.6 Å². The Kier molecular flexibility index (Phi) is 3.73. The van der Waals surface area contributed by atoms with Gasteiger partial charge in [0.1, 0.15) is 0 Å². The standard InChI is InChI=1S/C11H16N6O/c1-8-10(7-15-17(8)4-2-3-12)11(18)16-9-5-13-14-6-9/h5-7H,2-4,12H2,1H3,(H,13,14)(H,16,18). The summed E-state index contributed by atoms with van der Waals surface area (Å²) >= 11 is 0. The Labute approximate surface area is 104 Å². The molecule has 18 heavy (non-hydrogen) atoms. The summed E-state index contributed by atoms with van der Waals surface area (Å²) in [5, 5.41) is 13.3. The maximum Gasteiger partial charge on any atom is 0.259 e. The molecule has 0 bridgehead atoms. The van der Waals surface area contributed by atoms with Crippen LogP contribution in [0.25, 0.3) is 0 Å². The van der Waals surface area contributed by atoms with Crippen molar-refractivity contribution in [3.8, 4) is 0 Å². The maximum absolute atomic E-state index is 12.0. The molecule has 2 rings (SSSR count). The molecule has 0 spiro atoms. The molecule has 0 fully saturated rings. The molecule has 2 aromatic heterocycles. The van der Waals surface area contributed by atoms with E-state index in [-0.39, 0.29) is 5.91 Å². The van der Waals surface area contributed by atoms with Gasteiger partial charge < -0.3 is 11.1 Å². The number of aromatic amines is 1. The van der Waals surface area contributed by atoms with E-state index in [1.165, 1.54) is 0 Å². The van der Waals surface area contributed by atoms with E-state index in [1.54, 1.807) is 23.3 Å². The molecular weight excluding hydrogens is 232 g/mol. The monoisotopic (exact) mass is 248 g/mol. The highest BCUT2D eigenvalue weighted by Crippen LogP contribution is 2.11. The van der Waals surface area contributed by atoms with Crippen LogP contribution < -0.4 is 11.1 Å². The SMILES string of the molecule is Cc1c(C(=O)Nc2cn[nH]c2)cnn1CCCN. The van der Waals surface area contributed by atoms with Gasteiger partial charge in [-0.05, 0) is 19.9 Å². The zero-order valence-corrected chi connectivity index (χ0v) is 10.2. The lowest BCUT2D eigenvalue weighted by molar-refractivity contribution is 0.102. The zero-order valence-electron chi connectivity index (χ0n) is 10.2. The minimum atomic E-state index is -0.187. The molecule has 0 aliphatic carbocycles. The average molecular weight is 248 g/mol. The van der Waals surface area contributed by atoms with Crippen molar-refractivity contribution in [1.82, 2.24) is 20.0 Å². The first-order valence-electron chi connectivity index (χ1n) is 5.75. The third-order valence-corrected chi connectivity index (χ3v) is 2.68. The van der Waals surface area contributed by atoms with Crippen LogP contribution in [0.5, 0.6) is 0 Å². The van der Waals surface area contributed by atoms with E-state index in [0.29, 0.717) is 17.8 Å². The van der Waals surface area contributed by atoms with E-state index in [1.807, 2.05) is 6.92 Å². The zero-order chi connectivity index (χ0) is 13.0. The fourth-order valence-electron chi connectivity index (χ4n) is 1.65. The Morgan fingerprint density at radius 3 is 3.06 bits per heavy atom. The lowest BCUT2D eigenvalue weighted by Gasteiger charge is -2.04. The minimum absolute atomic E-state index is 0.187. The van der Waals surface area contributed by atoms with Crippen LogP contribution in [0.2, 0.25) is 0 Å². The van der Waals surface area contributed by atoms with Gasteiger partial charge in [-0.2, -0.15) is 10.2 Å². The van der Waals surface area contributed by atoms with E-state index in [0.717, 1.165) is 18.7 Å². The molecule has 0 saturated heterocycles. The van der Waals surface area contributed by atoms with E-state index in [4.69, 9.17) is 5.73 Å². The highest BCUT2D eigenvalue weighted by molar-refractivity contribution is 6.04. The lowest BCUT2D eigenvalue weighted by atomic mass is 10.2. The van der Waals surface area contributed by atoms with Crippen LogP contribution in [-0.2, 0) is 6.54 Å². The van der Waals surface area contributed by atoms with Crippen molar-refractivity contribution in [2.75, 3.05) is 11.9 Å². The van der Waals surface area contributed by atoms with Gasteiger partial charge in [-0.3, -0.25) is 14.6 Å². The van der Waals surface area contributed by atoms with Gasteiger partial charge in [0.25, 0.3) is 5.91 Å². The van der Waals surface area contributed by atoms with Crippen LogP contribution in [-0.4, -0.2) is 32.4 Å². The van der Waals surface area contributed by atoms with Crippen molar-refractivity contribution in [3.05, 3.63) is 29.8 Å². The highest BCUT2D eigenvalue weighted by Gasteiger charge is 2.14. The van der Waals surface area contributed by atoms with Crippen LogP contribution in [0.3, 0.4) is 0 Å². The molecule has 96 valence electrons. The lowest BCUT2D eigenvalue weighted by Crippen LogP contribution is -2.13. The van der Waals surface area contributed by atoms with Crippen molar-refractivity contribution in [3.63, 3.8) is 0 Å². The molecule has 0 aliphatic heterocycles. The molecule has 0 unspecified atom stereocenters. The Morgan fingerprint density at radius 1 is 1.56 bits per heavy atom. The first-order chi connectivity index (χ1) is 8.72. The molecule has 2 heterocycles. The first-order valence-corrected chi connectivity index (χ1v) is 5.75. The van der Waals surface area contributed by atoms with Crippen LogP contribution in [0.15, 0.2) is 18.6 Å². The fourth-order valence-corrected chi connectivity index (χ4v) is 1.65. The third kappa shape index (κ3) is 2.57. The molecule has 7 heteroatoms. The summed E-state index contributed by atoms with van der Waals surface area (Å²) in [6.45, 7) is 3.20. The smallest absolute Gasteiger partial charge is 0.259 e. The molecule has 1 amide bonds. The Bertz CT molecular complexity index is 516. The molecular formula is C11H16N6O. The van der Waals surface area contributed by atoms with Gasteiger partial charge in [-0.1, -0.05) is 0 Å². The normalized spacial score (nSPS) is 10.6. The van der Waals surface area contributed by atoms with Gasteiger partial charge in [0, 0.05) is 18.4 Å². The molecule has 0 saturated carbocycles. The quantitative estimate of drug-likeness (QED) is 0.717. The number of H-pyrrole nitrogens is 1. The van der Waals surface area contributed by atoms with Crippen molar-refractivity contribution in [2.45, 2.75) is 19.9 Å². The fraction of sp³-hybridized carbons (Fsp3) is 0.364. The number of rotatable bonds is 5. The number of anilines is 1. The summed E-state index contributed by atoms with van der Waals surface area (Å²) in [6, 6.07) is 0. The molecule has 0 radical (unpaired) electrons. The Morgan fingerprint density at radius 2 is 2.39 bits per heavy atom. The number of nitrogens with zero attached hydrogens (tertiary/aromatic N) is 3. The van der Waals surface area contributed by atoms with Crippen molar-refractivity contribution in [1.29, 1.82) is 0 Å². The summed E-state index contributed by atoms with van der Waals surface area (Å²) in [5.74, 6) is -0.187. The second-order valence-corrected chi connectivity index (χ2v) is 3.95. The minimum Gasteiger partial charge on any atom is -0.330 e. The van der Waals surface area contributed by atoms with Gasteiger partial charge >= 0.3 is 0 Å². The van der Waals surface area contributed by atoms with Crippen molar-refractivity contribution >= 4 is 11.6 Å². The van der Waals surface area contributed by atoms with Crippen LogP contribution >= 0.6 is 0 Å². The molecule has 0 aromatic carbocycles. The number of carbonyl (C=O) groups is 1. The van der Waals surface area contributed by atoms with Crippen LogP contribution in [0.1, 0.15) is 22.5 Å². The highest BCUT2D eigenvalue weighted by atomic mass is 16.1. The van der Waals surface area contributed by atoms with E-state index < -0.39 is 0 Å². The van der Waals surface area contributed by atoms with Gasteiger partial charge in [0.15, 0.2) is 0 Å². The topological polar surface area (TPSA) is 102 Å². The Balaban J connectivity index is 2.08. The number of nitrogens with one attached hydrogen (secondary N) is 2. The molecule has 7 nitrogen and oxygen atoms in total. The number of aromatic nitrogens is 4. The predicted octanol–water partition coefficient (Wildman–Crippen LogP) is 0.516. The summed E-state index contributed by atoms with van der Waals surface area (Å²) in [7, 11) is 0. The summed E-state index contributed by atoms with van der Waals surface area (Å²) in [4.78, 5) is 12.0. The van der Waals surface area contributed by atoms with Gasteiger partial charge in [0.2, 0.25) is 0 Å².